The maximum atomic E-state index is 12.5. The molecule has 0 saturated heterocycles. The molecule has 1 aromatic heterocycles. The minimum absolute atomic E-state index is 0.0432. The smallest absolute Gasteiger partial charge is 0.343 e. The highest BCUT2D eigenvalue weighted by molar-refractivity contribution is 5.98. The average Bonchev–Trinajstić information content (AvgIpc) is 2.78. The Hall–Kier alpha value is -3.64. The van der Waals surface area contributed by atoms with E-state index in [4.69, 9.17) is 14.2 Å². The number of nitrogens with one attached hydrogen (secondary N) is 2. The van der Waals surface area contributed by atoms with Crippen molar-refractivity contribution >= 4 is 29.3 Å². The van der Waals surface area contributed by atoms with E-state index in [1.807, 2.05) is 65.0 Å². The maximum Gasteiger partial charge on any atom is 0.343 e. The van der Waals surface area contributed by atoms with Gasteiger partial charge < -0.3 is 24.8 Å². The van der Waals surface area contributed by atoms with Crippen molar-refractivity contribution in [3.63, 3.8) is 0 Å². The zero-order valence-corrected chi connectivity index (χ0v) is 21.2. The van der Waals surface area contributed by atoms with Crippen LogP contribution in [0.2, 0.25) is 0 Å². The van der Waals surface area contributed by atoms with E-state index >= 15 is 0 Å². The molecule has 0 spiro atoms. The van der Waals surface area contributed by atoms with Crippen molar-refractivity contribution < 1.29 is 23.8 Å². The van der Waals surface area contributed by atoms with Crippen molar-refractivity contribution in [3.8, 4) is 6.07 Å². The summed E-state index contributed by atoms with van der Waals surface area (Å²) < 4.78 is 15.9. The molecule has 0 aliphatic heterocycles. The molecule has 2 N–H and O–H groups in total. The number of ether oxygens (including phenoxy) is 3. The Morgan fingerprint density at radius 3 is 2.57 bits per heavy atom. The van der Waals surface area contributed by atoms with Crippen LogP contribution in [0, 0.1) is 24.2 Å². The van der Waals surface area contributed by atoms with Gasteiger partial charge in [-0.05, 0) is 58.4 Å². The van der Waals surface area contributed by atoms with Crippen LogP contribution in [0.15, 0.2) is 30.3 Å². The first-order valence-electron chi connectivity index (χ1n) is 11.5. The predicted octanol–water partition coefficient (Wildman–Crippen LogP) is 4.59. The first kappa shape index (κ1) is 27.6. The number of pyridine rings is 1. The van der Waals surface area contributed by atoms with Gasteiger partial charge in [-0.15, -0.1) is 0 Å². The predicted molar refractivity (Wildman–Crippen MR) is 134 cm³/mol. The van der Waals surface area contributed by atoms with E-state index < -0.39 is 11.6 Å². The quantitative estimate of drug-likeness (QED) is 0.443. The monoisotopic (exact) mass is 482 g/mol. The van der Waals surface area contributed by atoms with E-state index in [0.29, 0.717) is 31.3 Å². The molecule has 0 aliphatic carbocycles. The number of carbonyl (C=O) groups excluding carboxylic acids is 2. The molecule has 0 unspecified atom stereocenters. The molecular weight excluding hydrogens is 448 g/mol. The Morgan fingerprint density at radius 2 is 1.97 bits per heavy atom. The van der Waals surface area contributed by atoms with Gasteiger partial charge in [0.05, 0.1) is 25.7 Å². The molecule has 0 saturated carbocycles. The molecule has 9 nitrogen and oxygen atoms in total. The van der Waals surface area contributed by atoms with Crippen LogP contribution in [-0.2, 0) is 19.0 Å². The number of aryl methyl sites for hydroxylation is 1. The molecule has 9 heteroatoms. The molecular formula is C26H34N4O5. The lowest BCUT2D eigenvalue weighted by molar-refractivity contribution is -0.156. The highest BCUT2D eigenvalue weighted by Gasteiger charge is 2.23. The topological polar surface area (TPSA) is 123 Å². The summed E-state index contributed by atoms with van der Waals surface area (Å²) in [7, 11) is 1.25. The van der Waals surface area contributed by atoms with E-state index in [1.54, 1.807) is 0 Å². The zero-order chi connectivity index (χ0) is 26.0. The fourth-order valence-electron chi connectivity index (χ4n) is 3.32. The number of nitrogens with zero attached hydrogens (tertiary/aromatic N) is 2. The third-order valence-electron chi connectivity index (χ3n) is 4.82. The normalized spacial score (nSPS) is 11.8. The van der Waals surface area contributed by atoms with Crippen molar-refractivity contribution in [2.75, 3.05) is 37.5 Å². The summed E-state index contributed by atoms with van der Waals surface area (Å²) in [6.07, 6.45) is 0.157. The Bertz CT molecular complexity index is 1070. The molecule has 2 rings (SSSR count). The Morgan fingerprint density at radius 1 is 1.23 bits per heavy atom. The Labute approximate surface area is 206 Å². The van der Waals surface area contributed by atoms with Crippen LogP contribution in [0.1, 0.15) is 55.6 Å². The lowest BCUT2D eigenvalue weighted by Crippen LogP contribution is -2.29. The lowest BCUT2D eigenvalue weighted by atomic mass is 10.1. The van der Waals surface area contributed by atoms with Gasteiger partial charge in [-0.3, -0.25) is 4.79 Å². The minimum atomic E-state index is -0.671. The van der Waals surface area contributed by atoms with Gasteiger partial charge in [-0.25, -0.2) is 9.78 Å². The Balaban J connectivity index is 2.31. The third-order valence-corrected chi connectivity index (χ3v) is 4.82. The fraction of sp³-hybridized carbons (Fsp3) is 0.462. The number of anilines is 3. The van der Waals surface area contributed by atoms with E-state index in [-0.39, 0.29) is 35.3 Å². The number of hydrogen-bond acceptors (Lipinski definition) is 9. The number of nitriles is 1. The van der Waals surface area contributed by atoms with Gasteiger partial charge in [-0.1, -0.05) is 12.1 Å². The molecule has 1 heterocycles. The van der Waals surface area contributed by atoms with Gasteiger partial charge in [0.1, 0.15) is 28.9 Å². The number of esters is 2. The van der Waals surface area contributed by atoms with Crippen LogP contribution in [0.25, 0.3) is 0 Å². The highest BCUT2D eigenvalue weighted by Crippen LogP contribution is 2.26. The molecule has 188 valence electrons. The number of benzene rings is 1. The molecule has 35 heavy (non-hydrogen) atoms. The number of aromatic nitrogens is 1. The van der Waals surface area contributed by atoms with E-state index in [1.165, 1.54) is 13.2 Å². The molecule has 1 aromatic carbocycles. The number of carbonyl (C=O) groups is 2. The Kier molecular flexibility index (Phi) is 10.0. The lowest BCUT2D eigenvalue weighted by Gasteiger charge is -2.23. The van der Waals surface area contributed by atoms with Crippen molar-refractivity contribution in [1.29, 1.82) is 5.26 Å². The van der Waals surface area contributed by atoms with E-state index in [0.717, 1.165) is 5.56 Å². The van der Waals surface area contributed by atoms with E-state index in [2.05, 4.69) is 15.6 Å². The first-order chi connectivity index (χ1) is 16.6. The summed E-state index contributed by atoms with van der Waals surface area (Å²) in [5, 5.41) is 16.0. The van der Waals surface area contributed by atoms with Gasteiger partial charge in [0.2, 0.25) is 0 Å². The summed E-state index contributed by atoms with van der Waals surface area (Å²) in [5.74, 6) is -0.620. The number of hydrogen-bond donors (Lipinski definition) is 2. The van der Waals surface area contributed by atoms with Crippen LogP contribution >= 0.6 is 0 Å². The van der Waals surface area contributed by atoms with Gasteiger partial charge in [0, 0.05) is 24.8 Å². The molecule has 0 radical (unpaired) electrons. The van der Waals surface area contributed by atoms with Gasteiger partial charge in [0.25, 0.3) is 0 Å². The largest absolute Gasteiger partial charge is 0.465 e. The molecule has 0 aliphatic rings. The highest BCUT2D eigenvalue weighted by atomic mass is 16.6. The maximum absolute atomic E-state index is 12.5. The van der Waals surface area contributed by atoms with Crippen LogP contribution < -0.4 is 10.6 Å². The molecule has 2 aromatic rings. The fourth-order valence-corrected chi connectivity index (χ4v) is 3.32. The molecule has 0 amide bonds. The van der Waals surface area contributed by atoms with Gasteiger partial charge in [-0.2, -0.15) is 5.26 Å². The number of rotatable bonds is 11. The van der Waals surface area contributed by atoms with Crippen LogP contribution in [0.3, 0.4) is 0 Å². The van der Waals surface area contributed by atoms with Crippen LogP contribution in [0.5, 0.6) is 0 Å². The van der Waals surface area contributed by atoms with Crippen molar-refractivity contribution in [3.05, 3.63) is 47.0 Å². The number of methoxy groups -OCH3 is 1. The second kappa shape index (κ2) is 12.7. The third kappa shape index (κ3) is 8.91. The summed E-state index contributed by atoms with van der Waals surface area (Å²) in [6.45, 7) is 10.5. The SMILES string of the molecule is CCOC[C@@H](CNc1cc(C#N)c(C(=O)OC)c(Nc2cccc(C)c2)n1)CC(=O)OC(C)(C)C. The summed E-state index contributed by atoms with van der Waals surface area (Å²) in [5.41, 5.74) is 1.30. The zero-order valence-electron chi connectivity index (χ0n) is 21.2. The van der Waals surface area contributed by atoms with Crippen molar-refractivity contribution in [1.82, 2.24) is 4.98 Å². The second-order valence-electron chi connectivity index (χ2n) is 9.07. The molecule has 0 bridgehead atoms. The molecule has 0 fully saturated rings. The van der Waals surface area contributed by atoms with Crippen LogP contribution in [-0.4, -0.2) is 49.4 Å². The summed E-state index contributed by atoms with van der Waals surface area (Å²) in [6, 6.07) is 11.1. The van der Waals surface area contributed by atoms with Crippen LogP contribution in [0.4, 0.5) is 17.3 Å². The second-order valence-corrected chi connectivity index (χ2v) is 9.07. The summed E-state index contributed by atoms with van der Waals surface area (Å²) >= 11 is 0. The van der Waals surface area contributed by atoms with Gasteiger partial charge in [0.15, 0.2) is 0 Å². The van der Waals surface area contributed by atoms with E-state index in [9.17, 15) is 14.9 Å². The summed E-state index contributed by atoms with van der Waals surface area (Å²) in [4.78, 5) is 29.4. The first-order valence-corrected chi connectivity index (χ1v) is 11.5. The molecule has 1 atom stereocenters. The average molecular weight is 483 g/mol. The van der Waals surface area contributed by atoms with Crippen molar-refractivity contribution in [2.45, 2.75) is 46.6 Å². The van der Waals surface area contributed by atoms with Crippen molar-refractivity contribution in [2.24, 2.45) is 5.92 Å². The minimum Gasteiger partial charge on any atom is -0.465 e. The van der Waals surface area contributed by atoms with Gasteiger partial charge >= 0.3 is 11.9 Å². The standard InChI is InChI=1S/C26H34N4O5/c1-7-34-16-18(12-22(31)35-26(3,4)5)15-28-21-13-19(14-27)23(25(32)33-6)24(30-21)29-20-10-8-9-17(2)11-20/h8-11,13,18H,7,12,15-16H2,1-6H3,(H2,28,29,30)/t18-/m1/s1.